The fourth-order valence-corrected chi connectivity index (χ4v) is 2.44. The Morgan fingerprint density at radius 2 is 2.12 bits per heavy atom. The van der Waals surface area contributed by atoms with Gasteiger partial charge in [0.15, 0.2) is 0 Å². The lowest BCUT2D eigenvalue weighted by molar-refractivity contribution is 0.427. The molecule has 0 radical (unpaired) electrons. The summed E-state index contributed by atoms with van der Waals surface area (Å²) in [6, 6.07) is 7.63. The normalized spacial score (nSPS) is 22.7. The third-order valence-corrected chi connectivity index (χ3v) is 3.68. The number of aromatic nitrogens is 1. The van der Waals surface area contributed by atoms with Gasteiger partial charge in [-0.2, -0.15) is 0 Å². The van der Waals surface area contributed by atoms with Gasteiger partial charge in [0, 0.05) is 16.5 Å². The van der Waals surface area contributed by atoms with Gasteiger partial charge in [-0.1, -0.05) is 41.9 Å². The Morgan fingerprint density at radius 1 is 1.41 bits per heavy atom. The number of nitrogen functional groups attached to an aromatic ring is 1. The maximum Gasteiger partial charge on any atom is 0.230 e. The van der Waals surface area contributed by atoms with Crippen LogP contribution in [0.2, 0.25) is 5.02 Å². The maximum atomic E-state index is 6.20. The highest BCUT2D eigenvalue weighted by atomic mass is 35.5. The molecule has 0 aliphatic heterocycles. The molecule has 2 N–H and O–H groups in total. The zero-order valence-electron chi connectivity index (χ0n) is 9.48. The van der Waals surface area contributed by atoms with E-state index in [4.69, 9.17) is 21.9 Å². The molecule has 1 aromatic heterocycles. The first-order chi connectivity index (χ1) is 8.18. The topological polar surface area (TPSA) is 52.0 Å². The fourth-order valence-electron chi connectivity index (χ4n) is 2.21. The van der Waals surface area contributed by atoms with E-state index < -0.39 is 0 Å². The molecule has 0 amide bonds. The van der Waals surface area contributed by atoms with E-state index in [0.717, 1.165) is 23.2 Å². The van der Waals surface area contributed by atoms with Gasteiger partial charge in [-0.25, -0.2) is 0 Å². The Bertz CT molecular complexity index is 564. The number of halogens is 1. The molecule has 1 aromatic carbocycles. The molecule has 3 nitrogen and oxygen atoms in total. The van der Waals surface area contributed by atoms with Crippen LogP contribution in [-0.4, -0.2) is 5.16 Å². The third-order valence-electron chi connectivity index (χ3n) is 3.35. The van der Waals surface area contributed by atoms with Crippen LogP contribution in [0.4, 0.5) is 5.88 Å². The highest BCUT2D eigenvalue weighted by Crippen LogP contribution is 2.51. The van der Waals surface area contributed by atoms with Gasteiger partial charge in [0.25, 0.3) is 0 Å². The SMILES string of the molecule is CC1CC1c1noc(N)c1-c1ccccc1Cl. The Labute approximate surface area is 105 Å². The van der Waals surface area contributed by atoms with Crippen LogP contribution in [0.3, 0.4) is 0 Å². The summed E-state index contributed by atoms with van der Waals surface area (Å²) in [6.07, 6.45) is 1.14. The minimum absolute atomic E-state index is 0.354. The lowest BCUT2D eigenvalue weighted by atomic mass is 10.0. The van der Waals surface area contributed by atoms with Crippen molar-refractivity contribution in [1.29, 1.82) is 0 Å². The van der Waals surface area contributed by atoms with Crippen LogP contribution in [0.25, 0.3) is 11.1 Å². The largest absolute Gasteiger partial charge is 0.367 e. The zero-order valence-corrected chi connectivity index (χ0v) is 10.2. The van der Waals surface area contributed by atoms with E-state index in [1.807, 2.05) is 24.3 Å². The van der Waals surface area contributed by atoms with Gasteiger partial charge < -0.3 is 10.3 Å². The second kappa shape index (κ2) is 3.77. The Balaban J connectivity index is 2.14. The minimum Gasteiger partial charge on any atom is -0.367 e. The van der Waals surface area contributed by atoms with Crippen molar-refractivity contribution < 1.29 is 4.52 Å². The van der Waals surface area contributed by atoms with Gasteiger partial charge in [0.2, 0.25) is 5.88 Å². The predicted molar refractivity (Wildman–Crippen MR) is 67.9 cm³/mol. The number of nitrogens with zero attached hydrogens (tertiary/aromatic N) is 1. The van der Waals surface area contributed by atoms with Crippen LogP contribution >= 0.6 is 11.6 Å². The number of benzene rings is 1. The predicted octanol–water partition coefficient (Wildman–Crippen LogP) is 3.70. The molecule has 1 saturated carbocycles. The van der Waals surface area contributed by atoms with Gasteiger partial charge in [-0.3, -0.25) is 0 Å². The molecule has 4 heteroatoms. The lowest BCUT2D eigenvalue weighted by Gasteiger charge is -2.03. The highest BCUT2D eigenvalue weighted by molar-refractivity contribution is 6.33. The van der Waals surface area contributed by atoms with Crippen LogP contribution in [-0.2, 0) is 0 Å². The summed E-state index contributed by atoms with van der Waals surface area (Å²) in [5, 5.41) is 4.76. The average molecular weight is 249 g/mol. The minimum atomic E-state index is 0.354. The van der Waals surface area contributed by atoms with Crippen LogP contribution in [0.15, 0.2) is 28.8 Å². The number of hydrogen-bond acceptors (Lipinski definition) is 3. The molecule has 1 aliphatic carbocycles. The van der Waals surface area contributed by atoms with Crippen molar-refractivity contribution in [2.75, 3.05) is 5.73 Å². The van der Waals surface area contributed by atoms with Gasteiger partial charge in [-0.05, 0) is 18.4 Å². The first-order valence-electron chi connectivity index (χ1n) is 5.68. The second-order valence-electron chi connectivity index (χ2n) is 4.61. The molecule has 17 heavy (non-hydrogen) atoms. The maximum absolute atomic E-state index is 6.20. The highest BCUT2D eigenvalue weighted by Gasteiger charge is 2.39. The fraction of sp³-hybridized carbons (Fsp3) is 0.308. The third kappa shape index (κ3) is 1.71. The van der Waals surface area contributed by atoms with E-state index in [9.17, 15) is 0 Å². The van der Waals surface area contributed by atoms with Crippen molar-refractivity contribution in [2.45, 2.75) is 19.3 Å². The quantitative estimate of drug-likeness (QED) is 0.882. The second-order valence-corrected chi connectivity index (χ2v) is 5.01. The summed E-state index contributed by atoms with van der Waals surface area (Å²) in [4.78, 5) is 0. The molecule has 0 spiro atoms. The summed E-state index contributed by atoms with van der Waals surface area (Å²) in [6.45, 7) is 2.20. The standard InChI is InChI=1S/C13H13ClN2O/c1-7-6-9(7)12-11(13(15)17-16-12)8-4-2-3-5-10(8)14/h2-5,7,9H,6,15H2,1H3. The Hall–Kier alpha value is -1.48. The van der Waals surface area contributed by atoms with E-state index in [-0.39, 0.29) is 0 Å². The van der Waals surface area contributed by atoms with E-state index >= 15 is 0 Å². The van der Waals surface area contributed by atoms with E-state index in [1.54, 1.807) is 0 Å². The van der Waals surface area contributed by atoms with Gasteiger partial charge in [-0.15, -0.1) is 0 Å². The molecular weight excluding hydrogens is 236 g/mol. The molecule has 1 aliphatic rings. The van der Waals surface area contributed by atoms with Crippen molar-refractivity contribution >= 4 is 17.5 Å². The molecule has 1 fully saturated rings. The first-order valence-corrected chi connectivity index (χ1v) is 6.06. The molecule has 1 heterocycles. The molecule has 2 unspecified atom stereocenters. The van der Waals surface area contributed by atoms with Crippen molar-refractivity contribution in [3.63, 3.8) is 0 Å². The van der Waals surface area contributed by atoms with E-state index in [1.165, 1.54) is 0 Å². The molecule has 0 bridgehead atoms. The van der Waals surface area contributed by atoms with E-state index in [0.29, 0.717) is 22.7 Å². The lowest BCUT2D eigenvalue weighted by Crippen LogP contribution is -1.90. The Kier molecular flexibility index (Phi) is 2.37. The summed E-state index contributed by atoms with van der Waals surface area (Å²) < 4.78 is 5.12. The van der Waals surface area contributed by atoms with Crippen molar-refractivity contribution in [2.24, 2.45) is 5.92 Å². The molecule has 3 rings (SSSR count). The van der Waals surface area contributed by atoms with Gasteiger partial charge in [0.1, 0.15) is 0 Å². The summed E-state index contributed by atoms with van der Waals surface area (Å²) >= 11 is 6.20. The van der Waals surface area contributed by atoms with E-state index in [2.05, 4.69) is 12.1 Å². The van der Waals surface area contributed by atoms with Crippen molar-refractivity contribution in [3.8, 4) is 11.1 Å². The molecule has 2 aromatic rings. The van der Waals surface area contributed by atoms with Crippen molar-refractivity contribution in [3.05, 3.63) is 35.0 Å². The van der Waals surface area contributed by atoms with Crippen LogP contribution in [0.1, 0.15) is 25.0 Å². The summed E-state index contributed by atoms with van der Waals surface area (Å²) in [5.41, 5.74) is 8.58. The smallest absolute Gasteiger partial charge is 0.230 e. The number of nitrogens with two attached hydrogens (primary N) is 1. The molecule has 88 valence electrons. The van der Waals surface area contributed by atoms with Crippen LogP contribution < -0.4 is 5.73 Å². The number of rotatable bonds is 2. The van der Waals surface area contributed by atoms with Crippen LogP contribution in [0, 0.1) is 5.92 Å². The summed E-state index contributed by atoms with van der Waals surface area (Å²) in [5.74, 6) is 1.47. The zero-order chi connectivity index (χ0) is 12.0. The van der Waals surface area contributed by atoms with Gasteiger partial charge in [0.05, 0.1) is 11.3 Å². The monoisotopic (exact) mass is 248 g/mol. The molecular formula is C13H13ClN2O. The number of anilines is 1. The van der Waals surface area contributed by atoms with Crippen LogP contribution in [0.5, 0.6) is 0 Å². The summed E-state index contributed by atoms with van der Waals surface area (Å²) in [7, 11) is 0. The molecule has 0 saturated heterocycles. The first kappa shape index (κ1) is 10.7. The Morgan fingerprint density at radius 3 is 2.76 bits per heavy atom. The molecule has 2 atom stereocenters. The van der Waals surface area contributed by atoms with Gasteiger partial charge >= 0.3 is 0 Å². The average Bonchev–Trinajstić information content (AvgIpc) is 2.90. The number of hydrogen-bond donors (Lipinski definition) is 1. The van der Waals surface area contributed by atoms with Crippen molar-refractivity contribution in [1.82, 2.24) is 5.16 Å².